The fourth-order valence-corrected chi connectivity index (χ4v) is 3.21. The van der Waals surface area contributed by atoms with Crippen LogP contribution in [0.15, 0.2) is 17.8 Å². The fraction of sp³-hybridized carbons (Fsp3) is 0.500. The van der Waals surface area contributed by atoms with Crippen LogP contribution in [0.5, 0.6) is 11.5 Å². The molecule has 0 spiro atoms. The summed E-state index contributed by atoms with van der Waals surface area (Å²) in [5.74, 6) is 0.209. The summed E-state index contributed by atoms with van der Waals surface area (Å²) in [5.41, 5.74) is 8.35. The quantitative estimate of drug-likeness (QED) is 0.301. The van der Waals surface area contributed by atoms with Crippen molar-refractivity contribution in [3.8, 4) is 11.5 Å². The molecule has 1 aromatic rings. The van der Waals surface area contributed by atoms with Crippen LogP contribution in [-0.4, -0.2) is 61.1 Å². The van der Waals surface area contributed by atoms with E-state index in [1.807, 2.05) is 0 Å². The van der Waals surface area contributed by atoms with Gasteiger partial charge in [0.15, 0.2) is 11.5 Å². The number of hydrogen-bond acceptors (Lipinski definition) is 7. The molecule has 1 aromatic carbocycles. The number of nitrogens with two attached hydrogens (primary N) is 1. The number of rotatable bonds is 8. The monoisotopic (exact) mass is 365 g/mol. The van der Waals surface area contributed by atoms with Gasteiger partial charge in [0.1, 0.15) is 5.70 Å². The van der Waals surface area contributed by atoms with Crippen molar-refractivity contribution in [1.82, 2.24) is 10.4 Å². The van der Waals surface area contributed by atoms with E-state index in [4.69, 9.17) is 20.4 Å². The maximum atomic E-state index is 11.5. The Bertz CT molecular complexity index is 656. The summed E-state index contributed by atoms with van der Waals surface area (Å²) in [4.78, 5) is 13.7. The maximum Gasteiger partial charge on any atom is 0.290 e. The SMILES string of the molecule is COc1ccc(C=C(N)C(=O)NO)c(CC(O)CN2CCCC2)c1OC. The van der Waals surface area contributed by atoms with Crippen molar-refractivity contribution in [1.29, 1.82) is 0 Å². The van der Waals surface area contributed by atoms with Crippen molar-refractivity contribution < 1.29 is 24.6 Å². The Kier molecular flexibility index (Phi) is 7.26. The average molecular weight is 365 g/mol. The van der Waals surface area contributed by atoms with Crippen LogP contribution in [0.1, 0.15) is 24.0 Å². The van der Waals surface area contributed by atoms with Crippen molar-refractivity contribution >= 4 is 12.0 Å². The normalized spacial score (nSPS) is 16.4. The highest BCUT2D eigenvalue weighted by Crippen LogP contribution is 2.35. The number of hydrogen-bond donors (Lipinski definition) is 4. The third-order valence-corrected chi connectivity index (χ3v) is 4.47. The third-order valence-electron chi connectivity index (χ3n) is 4.47. The van der Waals surface area contributed by atoms with Crippen molar-refractivity contribution in [3.63, 3.8) is 0 Å². The number of nitrogens with zero attached hydrogens (tertiary/aromatic N) is 1. The molecule has 1 saturated heterocycles. The van der Waals surface area contributed by atoms with E-state index in [-0.39, 0.29) is 5.70 Å². The molecule has 1 heterocycles. The number of aliphatic hydroxyl groups excluding tert-OH is 1. The van der Waals surface area contributed by atoms with E-state index >= 15 is 0 Å². The summed E-state index contributed by atoms with van der Waals surface area (Å²) >= 11 is 0. The number of methoxy groups -OCH3 is 2. The van der Waals surface area contributed by atoms with Gasteiger partial charge in [-0.15, -0.1) is 0 Å². The van der Waals surface area contributed by atoms with Crippen LogP contribution < -0.4 is 20.7 Å². The van der Waals surface area contributed by atoms with E-state index in [0.717, 1.165) is 25.9 Å². The second-order valence-corrected chi connectivity index (χ2v) is 6.28. The van der Waals surface area contributed by atoms with Gasteiger partial charge in [0, 0.05) is 18.5 Å². The highest BCUT2D eigenvalue weighted by atomic mass is 16.5. The molecule has 1 amide bonds. The van der Waals surface area contributed by atoms with Crippen LogP contribution in [0, 0.1) is 0 Å². The van der Waals surface area contributed by atoms with Crippen LogP contribution in [0.25, 0.3) is 6.08 Å². The Morgan fingerprint density at radius 3 is 2.62 bits per heavy atom. The van der Waals surface area contributed by atoms with Crippen LogP contribution in [0.4, 0.5) is 0 Å². The lowest BCUT2D eigenvalue weighted by Gasteiger charge is -2.22. The van der Waals surface area contributed by atoms with Crippen molar-refractivity contribution in [3.05, 3.63) is 29.0 Å². The van der Waals surface area contributed by atoms with Gasteiger partial charge in [0.2, 0.25) is 0 Å². The summed E-state index contributed by atoms with van der Waals surface area (Å²) in [7, 11) is 3.05. The minimum atomic E-state index is -0.802. The Balaban J connectivity index is 2.33. The van der Waals surface area contributed by atoms with Crippen LogP contribution >= 0.6 is 0 Å². The first-order valence-corrected chi connectivity index (χ1v) is 8.56. The molecule has 0 aliphatic carbocycles. The molecule has 1 unspecified atom stereocenters. The second-order valence-electron chi connectivity index (χ2n) is 6.28. The summed E-state index contributed by atoms with van der Waals surface area (Å²) in [6.45, 7) is 2.54. The van der Waals surface area contributed by atoms with E-state index in [1.165, 1.54) is 25.8 Å². The van der Waals surface area contributed by atoms with Gasteiger partial charge < -0.3 is 25.2 Å². The zero-order chi connectivity index (χ0) is 19.1. The molecule has 1 aliphatic heterocycles. The summed E-state index contributed by atoms with van der Waals surface area (Å²) < 4.78 is 10.8. The molecule has 0 bridgehead atoms. The van der Waals surface area contributed by atoms with Gasteiger partial charge in [0.25, 0.3) is 5.91 Å². The zero-order valence-electron chi connectivity index (χ0n) is 15.2. The number of aliphatic hydroxyl groups is 1. The first kappa shape index (κ1) is 20.0. The number of carbonyl (C=O) groups excluding carboxylic acids is 1. The largest absolute Gasteiger partial charge is 0.493 e. The highest BCUT2D eigenvalue weighted by Gasteiger charge is 2.21. The van der Waals surface area contributed by atoms with Gasteiger partial charge in [-0.1, -0.05) is 6.07 Å². The number of ether oxygens (including phenoxy) is 2. The third kappa shape index (κ3) is 4.87. The average Bonchev–Trinajstić information content (AvgIpc) is 3.14. The molecule has 8 nitrogen and oxygen atoms in total. The Morgan fingerprint density at radius 2 is 2.04 bits per heavy atom. The molecule has 0 aromatic heterocycles. The summed E-state index contributed by atoms with van der Waals surface area (Å²) in [5, 5.41) is 19.3. The van der Waals surface area contributed by atoms with E-state index in [1.54, 1.807) is 12.1 Å². The number of carbonyl (C=O) groups is 1. The van der Waals surface area contributed by atoms with Gasteiger partial charge in [-0.3, -0.25) is 10.0 Å². The van der Waals surface area contributed by atoms with Gasteiger partial charge in [-0.2, -0.15) is 0 Å². The standard InChI is InChI=1S/C18H27N3O5/c1-25-16-6-5-12(9-15(19)18(23)20-24)14(17(16)26-2)10-13(22)11-21-7-3-4-8-21/h5-6,9,13,22,24H,3-4,7-8,10-11,19H2,1-2H3,(H,20,23). The predicted octanol–water partition coefficient (Wildman–Crippen LogP) is 0.508. The zero-order valence-corrected chi connectivity index (χ0v) is 15.2. The predicted molar refractivity (Wildman–Crippen MR) is 97.0 cm³/mol. The molecule has 1 aliphatic rings. The van der Waals surface area contributed by atoms with Crippen LogP contribution in [0.2, 0.25) is 0 Å². The van der Waals surface area contributed by atoms with E-state index in [0.29, 0.717) is 35.6 Å². The van der Waals surface area contributed by atoms with Crippen molar-refractivity contribution in [2.24, 2.45) is 5.73 Å². The Morgan fingerprint density at radius 1 is 1.35 bits per heavy atom. The number of β-amino-alcohol motifs (C(OH)–C–C–N with tert-alkyl or cyclic N) is 1. The van der Waals surface area contributed by atoms with Crippen molar-refractivity contribution in [2.45, 2.75) is 25.4 Å². The number of hydroxylamine groups is 1. The van der Waals surface area contributed by atoms with Crippen LogP contribution in [-0.2, 0) is 11.2 Å². The molecule has 144 valence electrons. The van der Waals surface area contributed by atoms with E-state index in [2.05, 4.69) is 4.90 Å². The number of amides is 1. The molecule has 8 heteroatoms. The molecular formula is C18H27N3O5. The first-order valence-electron chi connectivity index (χ1n) is 8.56. The molecule has 0 saturated carbocycles. The molecular weight excluding hydrogens is 338 g/mol. The smallest absolute Gasteiger partial charge is 0.290 e. The minimum Gasteiger partial charge on any atom is -0.493 e. The lowest BCUT2D eigenvalue weighted by molar-refractivity contribution is -0.125. The fourth-order valence-electron chi connectivity index (χ4n) is 3.21. The topological polar surface area (TPSA) is 117 Å². The number of benzene rings is 1. The Hall–Kier alpha value is -2.29. The van der Waals surface area contributed by atoms with Gasteiger partial charge in [-0.05, 0) is 43.6 Å². The lowest BCUT2D eigenvalue weighted by atomic mass is 9.98. The summed E-state index contributed by atoms with van der Waals surface area (Å²) in [6, 6.07) is 3.43. The Labute approximate surface area is 153 Å². The summed E-state index contributed by atoms with van der Waals surface area (Å²) in [6.07, 6.45) is 3.45. The number of nitrogens with one attached hydrogen (secondary N) is 1. The van der Waals surface area contributed by atoms with Gasteiger partial charge in [0.05, 0.1) is 20.3 Å². The molecule has 26 heavy (non-hydrogen) atoms. The second kappa shape index (κ2) is 9.42. The lowest BCUT2D eigenvalue weighted by Crippen LogP contribution is -2.31. The molecule has 0 radical (unpaired) electrons. The van der Waals surface area contributed by atoms with E-state index in [9.17, 15) is 9.90 Å². The van der Waals surface area contributed by atoms with Crippen LogP contribution in [0.3, 0.4) is 0 Å². The molecule has 1 fully saturated rings. The highest BCUT2D eigenvalue weighted by molar-refractivity contribution is 5.96. The minimum absolute atomic E-state index is 0.157. The van der Waals surface area contributed by atoms with E-state index < -0.39 is 12.0 Å². The van der Waals surface area contributed by atoms with Crippen molar-refractivity contribution in [2.75, 3.05) is 33.9 Å². The number of likely N-dealkylation sites (tertiary alicyclic amines) is 1. The van der Waals surface area contributed by atoms with Gasteiger partial charge >= 0.3 is 0 Å². The van der Waals surface area contributed by atoms with Gasteiger partial charge in [-0.25, -0.2) is 5.48 Å². The molecule has 2 rings (SSSR count). The first-order chi connectivity index (χ1) is 12.5. The maximum absolute atomic E-state index is 11.5. The molecule has 1 atom stereocenters. The molecule has 5 N–H and O–H groups in total.